The molecule has 0 aliphatic heterocycles. The molecule has 0 spiro atoms. The molecular weight excluding hydrogens is 226 g/mol. The van der Waals surface area contributed by atoms with Gasteiger partial charge in [0.15, 0.2) is 0 Å². The van der Waals surface area contributed by atoms with Crippen molar-refractivity contribution in [1.82, 2.24) is 0 Å². The van der Waals surface area contributed by atoms with Crippen molar-refractivity contribution < 1.29 is 14.8 Å². The normalized spacial score (nSPS) is 10.6. The van der Waals surface area contributed by atoms with E-state index in [1.165, 1.54) is 24.9 Å². The molecule has 1 aromatic carbocycles. The van der Waals surface area contributed by atoms with Gasteiger partial charge in [0.25, 0.3) is 0 Å². The number of unbranched alkanes of at least 4 members (excludes halogenated alkanes) is 1. The van der Waals surface area contributed by atoms with Gasteiger partial charge in [0, 0.05) is 0 Å². The highest BCUT2D eigenvalue weighted by molar-refractivity contribution is 5.27. The first-order chi connectivity index (χ1) is 8.83. The van der Waals surface area contributed by atoms with Crippen LogP contribution in [-0.4, -0.2) is 32.9 Å². The Balaban J connectivity index is 1.92. The molecule has 0 aromatic heterocycles. The van der Waals surface area contributed by atoms with Gasteiger partial charge in [-0.25, -0.2) is 0 Å². The highest BCUT2D eigenvalue weighted by atomic mass is 16.5. The van der Waals surface area contributed by atoms with E-state index in [1.807, 2.05) is 18.2 Å². The first-order valence-corrected chi connectivity index (χ1v) is 6.92. The lowest BCUT2D eigenvalue weighted by atomic mass is 10.2. The van der Waals surface area contributed by atoms with Crippen LogP contribution in [0.25, 0.3) is 0 Å². The maximum atomic E-state index is 5.60. The Bertz CT molecular complexity index is 315. The smallest absolute Gasteiger partial charge is 0.119 e. The van der Waals surface area contributed by atoms with Crippen molar-refractivity contribution in [2.24, 2.45) is 0 Å². The fraction of sp³-hybridized carbons (Fsp3) is 0.600. The van der Waals surface area contributed by atoms with Crippen molar-refractivity contribution in [3.8, 4) is 5.75 Å². The Morgan fingerprint density at radius 1 is 1.11 bits per heavy atom. The second kappa shape index (κ2) is 9.92. The largest absolute Gasteiger partial charge is 0.491 e. The molecule has 0 saturated heterocycles. The summed E-state index contributed by atoms with van der Waals surface area (Å²) in [5.74, 6) is 0.924. The van der Waals surface area contributed by atoms with Crippen LogP contribution in [-0.2, 0) is 4.74 Å². The van der Waals surface area contributed by atoms with Crippen molar-refractivity contribution in [1.29, 1.82) is 0 Å². The van der Waals surface area contributed by atoms with Crippen LogP contribution >= 0.6 is 0 Å². The highest BCUT2D eigenvalue weighted by Crippen LogP contribution is 2.11. The minimum absolute atomic E-state index is 0.623. The first-order valence-electron chi connectivity index (χ1n) is 6.92. The maximum Gasteiger partial charge on any atom is 0.119 e. The topological polar surface area (TPSA) is 35.1 Å². The summed E-state index contributed by atoms with van der Waals surface area (Å²) in [6.45, 7) is 8.63. The summed E-state index contributed by atoms with van der Waals surface area (Å²) in [6, 6.07) is 8.09. The molecule has 18 heavy (non-hydrogen) atoms. The molecule has 0 bridgehead atoms. The van der Waals surface area contributed by atoms with Gasteiger partial charge < -0.3 is 14.8 Å². The lowest BCUT2D eigenvalue weighted by molar-refractivity contribution is -0.656. The summed E-state index contributed by atoms with van der Waals surface area (Å²) in [5.41, 5.74) is 1.22. The van der Waals surface area contributed by atoms with Gasteiger partial charge in [-0.15, -0.1) is 0 Å². The van der Waals surface area contributed by atoms with Crippen molar-refractivity contribution in [2.45, 2.75) is 26.7 Å². The fourth-order valence-corrected chi connectivity index (χ4v) is 1.69. The third-order valence-corrected chi connectivity index (χ3v) is 2.71. The number of hydrogen-bond acceptors (Lipinski definition) is 2. The van der Waals surface area contributed by atoms with Crippen LogP contribution in [0.2, 0.25) is 0 Å². The molecule has 0 heterocycles. The number of benzene rings is 1. The molecule has 1 aromatic rings. The Labute approximate surface area is 110 Å². The van der Waals surface area contributed by atoms with Crippen LogP contribution in [0.3, 0.4) is 0 Å². The van der Waals surface area contributed by atoms with Crippen molar-refractivity contribution in [3.05, 3.63) is 29.8 Å². The second-order valence-corrected chi connectivity index (χ2v) is 4.50. The molecule has 3 heteroatoms. The Morgan fingerprint density at radius 3 is 2.78 bits per heavy atom. The molecule has 0 amide bonds. The molecule has 0 aliphatic carbocycles. The van der Waals surface area contributed by atoms with Gasteiger partial charge in [0.2, 0.25) is 0 Å². The van der Waals surface area contributed by atoms with Gasteiger partial charge >= 0.3 is 0 Å². The number of aryl methyl sites for hydroxylation is 1. The van der Waals surface area contributed by atoms with Gasteiger partial charge in [0.1, 0.15) is 12.4 Å². The first kappa shape index (κ1) is 15.0. The number of nitrogens with two attached hydrogens (primary N) is 1. The van der Waals surface area contributed by atoms with E-state index in [-0.39, 0.29) is 0 Å². The molecule has 3 nitrogen and oxygen atoms in total. The summed E-state index contributed by atoms with van der Waals surface area (Å²) in [5, 5.41) is 2.31. The SMILES string of the molecule is CCCC[NH2+]CCOCCOc1cccc(C)c1. The van der Waals surface area contributed by atoms with E-state index in [1.54, 1.807) is 0 Å². The van der Waals surface area contributed by atoms with Crippen molar-refractivity contribution in [3.63, 3.8) is 0 Å². The predicted molar refractivity (Wildman–Crippen MR) is 74.1 cm³/mol. The molecule has 1 rings (SSSR count). The third kappa shape index (κ3) is 7.30. The van der Waals surface area contributed by atoms with E-state index in [2.05, 4.69) is 25.2 Å². The van der Waals surface area contributed by atoms with Gasteiger partial charge in [0.05, 0.1) is 26.3 Å². The molecular formula is C15H26NO2+. The zero-order valence-corrected chi connectivity index (χ0v) is 11.7. The Hall–Kier alpha value is -1.06. The molecule has 0 atom stereocenters. The average molecular weight is 252 g/mol. The molecule has 0 fully saturated rings. The van der Waals surface area contributed by atoms with Crippen LogP contribution in [0.15, 0.2) is 24.3 Å². The van der Waals surface area contributed by atoms with E-state index < -0.39 is 0 Å². The van der Waals surface area contributed by atoms with Crippen molar-refractivity contribution in [2.75, 3.05) is 32.9 Å². The molecule has 102 valence electrons. The monoisotopic (exact) mass is 252 g/mol. The van der Waals surface area contributed by atoms with Gasteiger partial charge in [-0.1, -0.05) is 25.5 Å². The highest BCUT2D eigenvalue weighted by Gasteiger charge is 1.95. The summed E-state index contributed by atoms with van der Waals surface area (Å²) in [4.78, 5) is 0. The van der Waals surface area contributed by atoms with E-state index in [0.717, 1.165) is 18.9 Å². The maximum absolute atomic E-state index is 5.60. The molecule has 0 unspecified atom stereocenters. The minimum Gasteiger partial charge on any atom is -0.491 e. The van der Waals surface area contributed by atoms with Gasteiger partial charge in [-0.3, -0.25) is 0 Å². The summed E-state index contributed by atoms with van der Waals surface area (Å²) >= 11 is 0. The fourth-order valence-electron chi connectivity index (χ4n) is 1.69. The average Bonchev–Trinajstić information content (AvgIpc) is 2.37. The van der Waals surface area contributed by atoms with E-state index in [0.29, 0.717) is 13.2 Å². The van der Waals surface area contributed by atoms with E-state index in [4.69, 9.17) is 9.47 Å². The zero-order chi connectivity index (χ0) is 13.1. The quantitative estimate of drug-likeness (QED) is 0.644. The molecule has 0 radical (unpaired) electrons. The third-order valence-electron chi connectivity index (χ3n) is 2.71. The van der Waals surface area contributed by atoms with E-state index in [9.17, 15) is 0 Å². The van der Waals surface area contributed by atoms with E-state index >= 15 is 0 Å². The standard InChI is InChI=1S/C15H25NO2/c1-3-4-8-16-9-10-17-11-12-18-15-7-5-6-14(2)13-15/h5-7,13,16H,3-4,8-12H2,1-2H3/p+1. The van der Waals surface area contributed by atoms with Gasteiger partial charge in [-0.2, -0.15) is 0 Å². The lowest BCUT2D eigenvalue weighted by Gasteiger charge is -2.07. The molecule has 2 N–H and O–H groups in total. The lowest BCUT2D eigenvalue weighted by Crippen LogP contribution is -2.85. The second-order valence-electron chi connectivity index (χ2n) is 4.50. The number of rotatable bonds is 10. The number of hydrogen-bond donors (Lipinski definition) is 1. The number of ether oxygens (including phenoxy) is 2. The van der Waals surface area contributed by atoms with Crippen molar-refractivity contribution >= 4 is 0 Å². The summed E-state index contributed by atoms with van der Waals surface area (Å²) < 4.78 is 11.1. The van der Waals surface area contributed by atoms with Crippen LogP contribution in [0, 0.1) is 6.92 Å². The van der Waals surface area contributed by atoms with Crippen LogP contribution in [0.1, 0.15) is 25.3 Å². The van der Waals surface area contributed by atoms with Crippen LogP contribution < -0.4 is 10.1 Å². The van der Waals surface area contributed by atoms with Crippen LogP contribution in [0.5, 0.6) is 5.75 Å². The van der Waals surface area contributed by atoms with Crippen LogP contribution in [0.4, 0.5) is 0 Å². The van der Waals surface area contributed by atoms with Gasteiger partial charge in [-0.05, 0) is 31.0 Å². The summed E-state index contributed by atoms with van der Waals surface area (Å²) in [6.07, 6.45) is 2.55. The predicted octanol–water partition coefficient (Wildman–Crippen LogP) is 1.75. The summed E-state index contributed by atoms with van der Waals surface area (Å²) in [7, 11) is 0. The Kier molecular flexibility index (Phi) is 8.26. The zero-order valence-electron chi connectivity index (χ0n) is 11.7. The Morgan fingerprint density at radius 2 is 2.00 bits per heavy atom. The minimum atomic E-state index is 0.623. The molecule has 0 saturated carbocycles. The molecule has 0 aliphatic rings. The number of quaternary nitrogens is 1.